The van der Waals surface area contributed by atoms with Gasteiger partial charge in [-0.25, -0.2) is 8.78 Å². The molecule has 1 aliphatic rings. The highest BCUT2D eigenvalue weighted by atomic mass is 19.3. The van der Waals surface area contributed by atoms with Gasteiger partial charge in [0.05, 0.1) is 0 Å². The summed E-state index contributed by atoms with van der Waals surface area (Å²) < 4.78 is 25.6. The molecular weight excluding hydrogens is 198 g/mol. The molecule has 15 heavy (non-hydrogen) atoms. The van der Waals surface area contributed by atoms with Crippen molar-refractivity contribution in [2.45, 2.75) is 39.5 Å². The van der Waals surface area contributed by atoms with Crippen molar-refractivity contribution in [3.8, 4) is 0 Å². The molecule has 0 aromatic rings. The van der Waals surface area contributed by atoms with Crippen LogP contribution in [0.4, 0.5) is 8.78 Å². The molecule has 88 valence electrons. The van der Waals surface area contributed by atoms with E-state index in [1.165, 1.54) is 0 Å². The van der Waals surface area contributed by atoms with Gasteiger partial charge in [-0.2, -0.15) is 5.10 Å². The van der Waals surface area contributed by atoms with Gasteiger partial charge < -0.3 is 0 Å². The van der Waals surface area contributed by atoms with Crippen molar-refractivity contribution in [2.24, 2.45) is 16.4 Å². The quantitative estimate of drug-likeness (QED) is 0.511. The molecule has 0 heterocycles. The molecule has 0 aromatic carbocycles. The van der Waals surface area contributed by atoms with Crippen LogP contribution in [0.1, 0.15) is 33.6 Å². The summed E-state index contributed by atoms with van der Waals surface area (Å²) in [5.41, 5.74) is -0.292. The lowest BCUT2D eigenvalue weighted by molar-refractivity contribution is -0.161. The molecule has 0 bridgehead atoms. The van der Waals surface area contributed by atoms with Gasteiger partial charge in [0.15, 0.2) is 0 Å². The minimum Gasteiger partial charge on any atom is -0.297 e. The van der Waals surface area contributed by atoms with E-state index in [0.717, 1.165) is 6.54 Å². The van der Waals surface area contributed by atoms with Gasteiger partial charge in [0.1, 0.15) is 0 Å². The van der Waals surface area contributed by atoms with Crippen molar-refractivity contribution in [1.82, 2.24) is 5.01 Å². The van der Waals surface area contributed by atoms with Crippen molar-refractivity contribution in [3.63, 3.8) is 0 Å². The van der Waals surface area contributed by atoms with E-state index in [9.17, 15) is 8.78 Å². The lowest BCUT2D eigenvalue weighted by Crippen LogP contribution is -2.50. The lowest BCUT2D eigenvalue weighted by atomic mass is 9.67. The number of alkyl halides is 2. The Bertz CT molecular complexity index is 231. The highest BCUT2D eigenvalue weighted by Gasteiger charge is 2.54. The van der Waals surface area contributed by atoms with Gasteiger partial charge in [0.2, 0.25) is 5.92 Å². The van der Waals surface area contributed by atoms with Gasteiger partial charge in [-0.05, 0) is 11.3 Å². The number of hydrogen-bond donors (Lipinski definition) is 0. The Labute approximate surface area is 90.3 Å². The van der Waals surface area contributed by atoms with Crippen LogP contribution in [-0.2, 0) is 0 Å². The monoisotopic (exact) mass is 218 g/mol. The first-order valence-corrected chi connectivity index (χ1v) is 5.36. The summed E-state index contributed by atoms with van der Waals surface area (Å²) in [6.07, 6.45) is -0.0474. The first-order chi connectivity index (χ1) is 6.76. The number of halogens is 2. The van der Waals surface area contributed by atoms with Crippen LogP contribution < -0.4 is 0 Å². The molecule has 4 heteroatoms. The smallest absolute Gasteiger partial charge is 0.249 e. The summed E-state index contributed by atoms with van der Waals surface area (Å²) in [6, 6.07) is 0. The number of hydrogen-bond acceptors (Lipinski definition) is 2. The molecule has 0 aromatic heterocycles. The van der Waals surface area contributed by atoms with Crippen molar-refractivity contribution >= 4 is 6.72 Å². The highest BCUT2D eigenvalue weighted by molar-refractivity contribution is 5.22. The SMILES string of the molecule is C=NN(CC(C)C)CC1(C)CC(F)(F)C1. The molecular formula is C11H20F2N2. The van der Waals surface area contributed by atoms with E-state index in [-0.39, 0.29) is 18.3 Å². The number of hydrazone groups is 1. The average Bonchev–Trinajstić information content (AvgIpc) is 1.97. The van der Waals surface area contributed by atoms with Gasteiger partial charge in [0.25, 0.3) is 0 Å². The molecule has 0 saturated heterocycles. The topological polar surface area (TPSA) is 15.6 Å². The van der Waals surface area contributed by atoms with Crippen LogP contribution in [0.25, 0.3) is 0 Å². The standard InChI is InChI=1S/C11H20F2N2/c1-9(2)5-15(14-4)8-10(3)6-11(12,13)7-10/h9H,4-8H2,1-3H3. The van der Waals surface area contributed by atoms with E-state index < -0.39 is 5.92 Å². The van der Waals surface area contributed by atoms with Crippen LogP contribution in [0.15, 0.2) is 5.10 Å². The third kappa shape index (κ3) is 3.43. The Hall–Kier alpha value is -0.670. The number of rotatable bonds is 5. The largest absolute Gasteiger partial charge is 0.297 e. The zero-order valence-corrected chi connectivity index (χ0v) is 9.76. The second-order valence-electron chi connectivity index (χ2n) is 5.40. The van der Waals surface area contributed by atoms with Gasteiger partial charge in [0, 0.05) is 32.6 Å². The summed E-state index contributed by atoms with van der Waals surface area (Å²) in [5, 5.41) is 5.69. The molecule has 1 aliphatic carbocycles. The fourth-order valence-corrected chi connectivity index (χ4v) is 2.34. The maximum absolute atomic E-state index is 12.8. The first-order valence-electron chi connectivity index (χ1n) is 5.36. The molecule has 2 nitrogen and oxygen atoms in total. The Morgan fingerprint density at radius 3 is 2.27 bits per heavy atom. The van der Waals surface area contributed by atoms with Crippen LogP contribution in [0.3, 0.4) is 0 Å². The van der Waals surface area contributed by atoms with Crippen LogP contribution in [0, 0.1) is 11.3 Å². The van der Waals surface area contributed by atoms with Crippen LogP contribution in [0.5, 0.6) is 0 Å². The molecule has 0 spiro atoms. The van der Waals surface area contributed by atoms with E-state index >= 15 is 0 Å². The third-order valence-corrected chi connectivity index (χ3v) is 2.71. The summed E-state index contributed by atoms with van der Waals surface area (Å²) in [7, 11) is 0. The van der Waals surface area contributed by atoms with Gasteiger partial charge in [-0.3, -0.25) is 5.01 Å². The normalized spacial score (nSPS) is 22.3. The van der Waals surface area contributed by atoms with Crippen molar-refractivity contribution in [3.05, 3.63) is 0 Å². The Morgan fingerprint density at radius 1 is 1.40 bits per heavy atom. The van der Waals surface area contributed by atoms with E-state index in [0.29, 0.717) is 12.5 Å². The van der Waals surface area contributed by atoms with E-state index in [4.69, 9.17) is 0 Å². The van der Waals surface area contributed by atoms with Crippen molar-refractivity contribution < 1.29 is 8.78 Å². The van der Waals surface area contributed by atoms with Gasteiger partial charge in [-0.15, -0.1) is 0 Å². The third-order valence-electron chi connectivity index (χ3n) is 2.71. The summed E-state index contributed by atoms with van der Waals surface area (Å²) in [4.78, 5) is 0. The Balaban J connectivity index is 2.43. The summed E-state index contributed by atoms with van der Waals surface area (Å²) >= 11 is 0. The molecule has 1 fully saturated rings. The molecule has 1 saturated carbocycles. The minimum atomic E-state index is -2.46. The minimum absolute atomic E-state index is 0.0237. The Kier molecular flexibility index (Phi) is 3.36. The predicted molar refractivity (Wildman–Crippen MR) is 58.2 cm³/mol. The lowest BCUT2D eigenvalue weighted by Gasteiger charge is -2.46. The summed E-state index contributed by atoms with van der Waals surface area (Å²) in [6.45, 7) is 10.9. The first kappa shape index (κ1) is 12.4. The zero-order valence-electron chi connectivity index (χ0n) is 9.76. The summed E-state index contributed by atoms with van der Waals surface area (Å²) in [5.74, 6) is -1.99. The highest BCUT2D eigenvalue weighted by Crippen LogP contribution is 2.52. The molecule has 0 aliphatic heterocycles. The molecule has 0 radical (unpaired) electrons. The van der Waals surface area contributed by atoms with E-state index in [1.54, 1.807) is 5.01 Å². The van der Waals surface area contributed by atoms with Crippen LogP contribution in [0.2, 0.25) is 0 Å². The molecule has 0 atom stereocenters. The molecule has 0 amide bonds. The Morgan fingerprint density at radius 2 is 1.93 bits per heavy atom. The van der Waals surface area contributed by atoms with Gasteiger partial charge in [-0.1, -0.05) is 20.8 Å². The van der Waals surface area contributed by atoms with E-state index in [2.05, 4.69) is 25.7 Å². The fraction of sp³-hybridized carbons (Fsp3) is 0.909. The second-order valence-corrected chi connectivity index (χ2v) is 5.40. The fourth-order valence-electron chi connectivity index (χ4n) is 2.34. The second kappa shape index (κ2) is 4.06. The van der Waals surface area contributed by atoms with Crippen LogP contribution >= 0.6 is 0 Å². The van der Waals surface area contributed by atoms with Gasteiger partial charge >= 0.3 is 0 Å². The zero-order chi connectivity index (χ0) is 11.7. The van der Waals surface area contributed by atoms with E-state index in [1.807, 2.05) is 6.92 Å². The molecule has 0 N–H and O–H groups in total. The average molecular weight is 218 g/mol. The maximum atomic E-state index is 12.8. The molecule has 0 unspecified atom stereocenters. The van der Waals surface area contributed by atoms with Crippen molar-refractivity contribution in [1.29, 1.82) is 0 Å². The number of nitrogens with zero attached hydrogens (tertiary/aromatic N) is 2. The predicted octanol–water partition coefficient (Wildman–Crippen LogP) is 3.00. The van der Waals surface area contributed by atoms with Crippen molar-refractivity contribution in [2.75, 3.05) is 13.1 Å². The van der Waals surface area contributed by atoms with Crippen LogP contribution in [-0.4, -0.2) is 30.7 Å². The maximum Gasteiger partial charge on any atom is 0.249 e. The molecule has 1 rings (SSSR count).